The molecule has 1 N–H and O–H groups in total. The van der Waals surface area contributed by atoms with Crippen molar-refractivity contribution in [2.45, 2.75) is 25.8 Å². The summed E-state index contributed by atoms with van der Waals surface area (Å²) in [6.45, 7) is 3.20. The van der Waals surface area contributed by atoms with Crippen molar-refractivity contribution in [1.29, 1.82) is 0 Å². The lowest BCUT2D eigenvalue weighted by Gasteiger charge is -2.13. The molecule has 1 atom stereocenters. The summed E-state index contributed by atoms with van der Waals surface area (Å²) in [5.74, 6) is 6.61. The number of nitrogens with one attached hydrogen (secondary N) is 1. The van der Waals surface area contributed by atoms with E-state index in [0.29, 0.717) is 0 Å². The van der Waals surface area contributed by atoms with Crippen LogP contribution in [0.15, 0.2) is 60.7 Å². The second-order valence-corrected chi connectivity index (χ2v) is 4.79. The van der Waals surface area contributed by atoms with Crippen LogP contribution in [0.5, 0.6) is 0 Å². The lowest BCUT2D eigenvalue weighted by Crippen LogP contribution is -2.21. The first kappa shape index (κ1) is 14.4. The largest absolute Gasteiger partial charge is 0.300 e. The van der Waals surface area contributed by atoms with Crippen LogP contribution in [0.3, 0.4) is 0 Å². The average Bonchev–Trinajstić information content (AvgIpc) is 2.52. The van der Waals surface area contributed by atoms with Gasteiger partial charge in [-0.3, -0.25) is 5.32 Å². The van der Waals surface area contributed by atoms with E-state index in [1.165, 1.54) is 18.4 Å². The van der Waals surface area contributed by atoms with Gasteiger partial charge in [0, 0.05) is 5.56 Å². The minimum absolute atomic E-state index is 0.1000. The van der Waals surface area contributed by atoms with Crippen molar-refractivity contribution < 1.29 is 0 Å². The van der Waals surface area contributed by atoms with Crippen LogP contribution in [0.4, 0.5) is 0 Å². The number of hydrogen-bond donors (Lipinski definition) is 1. The van der Waals surface area contributed by atoms with Gasteiger partial charge < -0.3 is 0 Å². The molecular formula is C19H21N. The number of benzene rings is 2. The van der Waals surface area contributed by atoms with Crippen LogP contribution in [0.1, 0.15) is 36.9 Å². The molecule has 20 heavy (non-hydrogen) atoms. The van der Waals surface area contributed by atoms with Crippen molar-refractivity contribution in [3.05, 3.63) is 71.8 Å². The Balaban J connectivity index is 2.13. The fourth-order valence-corrected chi connectivity index (χ4v) is 2.00. The summed E-state index contributed by atoms with van der Waals surface area (Å²) in [5.41, 5.74) is 2.29. The Morgan fingerprint density at radius 2 is 1.60 bits per heavy atom. The normalized spacial score (nSPS) is 11.4. The summed E-state index contributed by atoms with van der Waals surface area (Å²) in [6.07, 6.45) is 2.37. The van der Waals surface area contributed by atoms with E-state index in [9.17, 15) is 0 Å². The summed E-state index contributed by atoms with van der Waals surface area (Å²) in [4.78, 5) is 0. The quantitative estimate of drug-likeness (QED) is 0.630. The van der Waals surface area contributed by atoms with E-state index >= 15 is 0 Å². The van der Waals surface area contributed by atoms with Gasteiger partial charge in [0.25, 0.3) is 0 Å². The Labute approximate surface area is 122 Å². The molecule has 0 bridgehead atoms. The van der Waals surface area contributed by atoms with Crippen LogP contribution in [0.2, 0.25) is 0 Å². The van der Waals surface area contributed by atoms with Gasteiger partial charge in [-0.2, -0.15) is 0 Å². The predicted molar refractivity (Wildman–Crippen MR) is 85.4 cm³/mol. The molecule has 0 spiro atoms. The van der Waals surface area contributed by atoms with Crippen LogP contribution in [0, 0.1) is 11.8 Å². The summed E-state index contributed by atoms with van der Waals surface area (Å²) >= 11 is 0. The molecule has 0 aliphatic carbocycles. The Kier molecular flexibility index (Phi) is 5.89. The highest BCUT2D eigenvalue weighted by atomic mass is 14.9. The van der Waals surface area contributed by atoms with Crippen molar-refractivity contribution in [2.24, 2.45) is 0 Å². The molecule has 0 saturated carbocycles. The molecule has 0 aliphatic rings. The Bertz CT molecular complexity index is 549. The van der Waals surface area contributed by atoms with Crippen LogP contribution < -0.4 is 5.32 Å². The Morgan fingerprint density at radius 3 is 2.25 bits per heavy atom. The molecule has 2 rings (SSSR count). The van der Waals surface area contributed by atoms with E-state index in [2.05, 4.69) is 48.3 Å². The molecule has 0 saturated heterocycles. The van der Waals surface area contributed by atoms with E-state index in [1.54, 1.807) is 0 Å². The van der Waals surface area contributed by atoms with Gasteiger partial charge >= 0.3 is 0 Å². The third-order valence-electron chi connectivity index (χ3n) is 3.15. The van der Waals surface area contributed by atoms with E-state index in [-0.39, 0.29) is 6.04 Å². The first-order valence-corrected chi connectivity index (χ1v) is 7.25. The lowest BCUT2D eigenvalue weighted by molar-refractivity contribution is 0.602. The van der Waals surface area contributed by atoms with Gasteiger partial charge in [0.05, 0.1) is 6.04 Å². The van der Waals surface area contributed by atoms with Crippen LogP contribution in [0.25, 0.3) is 0 Å². The lowest BCUT2D eigenvalue weighted by atomic mass is 10.1. The van der Waals surface area contributed by atoms with Crippen LogP contribution >= 0.6 is 0 Å². The summed E-state index contributed by atoms with van der Waals surface area (Å²) in [6, 6.07) is 20.7. The Morgan fingerprint density at radius 1 is 0.950 bits per heavy atom. The molecule has 0 fully saturated rings. The minimum atomic E-state index is 0.1000. The summed E-state index contributed by atoms with van der Waals surface area (Å²) in [7, 11) is 0. The third-order valence-corrected chi connectivity index (χ3v) is 3.15. The zero-order valence-electron chi connectivity index (χ0n) is 12.0. The molecule has 1 unspecified atom stereocenters. The highest BCUT2D eigenvalue weighted by Gasteiger charge is 2.06. The highest BCUT2D eigenvalue weighted by molar-refractivity contribution is 5.37. The molecular weight excluding hydrogens is 242 g/mol. The number of hydrogen-bond acceptors (Lipinski definition) is 1. The summed E-state index contributed by atoms with van der Waals surface area (Å²) in [5, 5.41) is 3.53. The Hall–Kier alpha value is -2.04. The number of rotatable bonds is 5. The number of unbranched alkanes of at least 4 members (excludes halogenated alkanes) is 1. The predicted octanol–water partition coefficient (Wildman–Crippen LogP) is 4.17. The second-order valence-electron chi connectivity index (χ2n) is 4.79. The SMILES string of the molecule is CCCCNC(C#Cc1ccccc1)c1ccccc1. The molecule has 2 aromatic carbocycles. The zero-order chi connectivity index (χ0) is 14.0. The molecule has 0 aliphatic heterocycles. The van der Waals surface area contributed by atoms with Crippen molar-refractivity contribution in [3.63, 3.8) is 0 Å². The monoisotopic (exact) mass is 263 g/mol. The van der Waals surface area contributed by atoms with Crippen molar-refractivity contribution in [2.75, 3.05) is 6.54 Å². The summed E-state index contributed by atoms with van der Waals surface area (Å²) < 4.78 is 0. The zero-order valence-corrected chi connectivity index (χ0v) is 12.0. The van der Waals surface area contributed by atoms with Gasteiger partial charge in [-0.05, 0) is 30.7 Å². The van der Waals surface area contributed by atoms with Crippen molar-refractivity contribution >= 4 is 0 Å². The molecule has 1 nitrogen and oxygen atoms in total. The smallest absolute Gasteiger partial charge is 0.0949 e. The second kappa shape index (κ2) is 8.19. The maximum Gasteiger partial charge on any atom is 0.0949 e. The van der Waals surface area contributed by atoms with Gasteiger partial charge in [-0.25, -0.2) is 0 Å². The van der Waals surface area contributed by atoms with Gasteiger partial charge in [-0.15, -0.1) is 0 Å². The molecule has 0 aromatic heterocycles. The topological polar surface area (TPSA) is 12.0 Å². The maximum atomic E-state index is 3.53. The maximum absolute atomic E-state index is 3.53. The van der Waals surface area contributed by atoms with Crippen molar-refractivity contribution in [1.82, 2.24) is 5.32 Å². The molecule has 1 heteroatoms. The first-order valence-electron chi connectivity index (χ1n) is 7.25. The molecule has 102 valence electrons. The molecule has 0 amide bonds. The van der Waals surface area contributed by atoms with E-state index in [1.807, 2.05) is 36.4 Å². The fourth-order valence-electron chi connectivity index (χ4n) is 2.00. The minimum Gasteiger partial charge on any atom is -0.300 e. The molecule has 2 aromatic rings. The van der Waals surface area contributed by atoms with Crippen LogP contribution in [-0.2, 0) is 0 Å². The van der Waals surface area contributed by atoms with E-state index < -0.39 is 0 Å². The van der Waals surface area contributed by atoms with Gasteiger partial charge in [-0.1, -0.05) is 73.7 Å². The third kappa shape index (κ3) is 4.57. The fraction of sp³-hybridized carbons (Fsp3) is 0.263. The van der Waals surface area contributed by atoms with E-state index in [0.717, 1.165) is 12.1 Å². The van der Waals surface area contributed by atoms with Gasteiger partial charge in [0.2, 0.25) is 0 Å². The van der Waals surface area contributed by atoms with Gasteiger partial charge in [0.1, 0.15) is 0 Å². The van der Waals surface area contributed by atoms with Crippen molar-refractivity contribution in [3.8, 4) is 11.8 Å². The first-order chi connectivity index (χ1) is 9.90. The average molecular weight is 263 g/mol. The van der Waals surface area contributed by atoms with E-state index in [4.69, 9.17) is 0 Å². The highest BCUT2D eigenvalue weighted by Crippen LogP contribution is 2.12. The van der Waals surface area contributed by atoms with Gasteiger partial charge in [0.15, 0.2) is 0 Å². The standard InChI is InChI=1S/C19H21N/c1-2-3-16-20-19(18-12-8-5-9-13-18)15-14-17-10-6-4-7-11-17/h4-13,19-20H,2-3,16H2,1H3. The molecule has 0 heterocycles. The molecule has 0 radical (unpaired) electrons. The van der Waals surface area contributed by atoms with Crippen LogP contribution in [-0.4, -0.2) is 6.54 Å².